The highest BCUT2D eigenvalue weighted by molar-refractivity contribution is 6.27. The molecule has 0 saturated heterocycles. The molecule has 0 saturated carbocycles. The number of hydrogen-bond acceptors (Lipinski definition) is 3. The van der Waals surface area contributed by atoms with Crippen LogP contribution in [0, 0.1) is 0 Å². The first-order valence-corrected chi connectivity index (χ1v) is 46.9. The predicted octanol–water partition coefficient (Wildman–Crippen LogP) is 36.9. The normalized spacial score (nSPS) is 13.6. The molecular formula is C131H88O3. The molecule has 0 bridgehead atoms. The Hall–Kier alpha value is -16.5. The van der Waals surface area contributed by atoms with E-state index >= 15 is 0 Å². The van der Waals surface area contributed by atoms with Crippen LogP contribution in [0.4, 0.5) is 0 Å². The van der Waals surface area contributed by atoms with Gasteiger partial charge in [0.25, 0.3) is 0 Å². The van der Waals surface area contributed by atoms with Crippen LogP contribution in [0.2, 0.25) is 0 Å². The maximum atomic E-state index is 6.38. The van der Waals surface area contributed by atoms with Gasteiger partial charge in [-0.3, -0.25) is 0 Å². The highest BCUT2D eigenvalue weighted by Gasteiger charge is 2.39. The van der Waals surface area contributed by atoms with Crippen molar-refractivity contribution in [3.05, 3.63) is 458 Å². The lowest BCUT2D eigenvalue weighted by molar-refractivity contribution is 0.660. The molecule has 3 aliphatic rings. The Labute approximate surface area is 775 Å². The highest BCUT2D eigenvalue weighted by Crippen LogP contribution is 2.57. The SMILES string of the molecule is CC1(C)c2ccccc2-c2cc(-c3c4ccccc4c(-c4ccc5oc6cc7ccccc7cc6c5c4)c4ccccc34)ccc21.CC1(C)c2ccccc2-c2cc(-c3c4ccccc4c(-c4ccc5oc6ccc7ccccc7c6c5c4)c4ccccc34)ccc21.CC1(C)c2ccccc2-c2cc(-c3c4ccccc4c(-c4ccc5oc6ccccc6c5c4)c4ccccc34)ccc21. The Morgan fingerprint density at radius 3 is 0.761 bits per heavy atom. The van der Waals surface area contributed by atoms with E-state index in [1.807, 2.05) is 12.1 Å². The standard InChI is InChI=1S/2C45H30O.C41H28O/c1-45(2)38-18-10-9-13-31(38)36-25-28(19-22-39(36)45)42-32-14-5-7-16-34(32)43(35-17-8-6-15-33(35)42)29-21-23-40-37(26-29)44-30-12-4-3-11-27(30)20-24-41(44)46-40;1-45(2)39-18-10-9-13-31(39)36-24-29(19-21-40(36)45)43-32-14-5-7-16-34(32)44(35-17-8-6-15-33(35)43)30-20-22-41-37(25-30)38-23-27-11-3-4-12-28(27)26-42(38)46-41;1-41(2)35-17-9-7-11-27(35)33-23-25(19-21-36(33)41)39-29-13-3-5-15-31(29)40(32-16-6-4-14-30(32)39)26-20-22-38-34(24-26)28-12-8-10-18-37(28)42-38/h2*3-26H,1-2H3;3-24H,1-2H3. The van der Waals surface area contributed by atoms with Crippen molar-refractivity contribution >= 4 is 152 Å². The van der Waals surface area contributed by atoms with Gasteiger partial charge < -0.3 is 13.3 Å². The molecule has 0 radical (unpaired) electrons. The third kappa shape index (κ3) is 11.5. The van der Waals surface area contributed by atoms with E-state index in [1.165, 1.54) is 225 Å². The fourth-order valence-corrected chi connectivity index (χ4v) is 24.1. The maximum absolute atomic E-state index is 6.38. The van der Waals surface area contributed by atoms with E-state index in [0.29, 0.717) is 0 Å². The van der Waals surface area contributed by atoms with Crippen LogP contribution < -0.4 is 0 Å². The van der Waals surface area contributed by atoms with Crippen molar-refractivity contribution in [2.45, 2.75) is 57.8 Å². The van der Waals surface area contributed by atoms with E-state index in [0.717, 1.165) is 60.4 Å². The van der Waals surface area contributed by atoms with E-state index in [-0.39, 0.29) is 16.2 Å². The van der Waals surface area contributed by atoms with Gasteiger partial charge >= 0.3 is 0 Å². The van der Waals surface area contributed by atoms with E-state index in [1.54, 1.807) is 0 Å². The molecule has 3 heteroatoms. The molecule has 0 unspecified atom stereocenters. The summed E-state index contributed by atoms with van der Waals surface area (Å²) in [5.74, 6) is 0. The Balaban J connectivity index is 0.000000102. The molecule has 29 rings (SSSR count). The summed E-state index contributed by atoms with van der Waals surface area (Å²) in [6, 6.07) is 156. The average molecular weight is 1710 g/mol. The second-order valence-electron chi connectivity index (χ2n) is 38.6. The van der Waals surface area contributed by atoms with Gasteiger partial charge in [0.15, 0.2) is 0 Å². The topological polar surface area (TPSA) is 39.4 Å². The molecule has 3 nitrogen and oxygen atoms in total. The summed E-state index contributed by atoms with van der Waals surface area (Å²) >= 11 is 0. The lowest BCUT2D eigenvalue weighted by atomic mass is 9.81. The van der Waals surface area contributed by atoms with Gasteiger partial charge in [-0.05, 0) is 299 Å². The van der Waals surface area contributed by atoms with Crippen LogP contribution in [0.5, 0.6) is 0 Å². The highest BCUT2D eigenvalue weighted by atomic mass is 16.3. The Morgan fingerprint density at radius 1 is 0.142 bits per heavy atom. The van der Waals surface area contributed by atoms with E-state index in [4.69, 9.17) is 13.3 Å². The number of benzene rings is 23. The summed E-state index contributed by atoms with van der Waals surface area (Å²) in [5.41, 5.74) is 37.1. The first kappa shape index (κ1) is 77.5. The molecule has 0 amide bonds. The molecule has 0 aliphatic heterocycles. The molecular weight excluding hydrogens is 1620 g/mol. The summed E-state index contributed by atoms with van der Waals surface area (Å²) in [7, 11) is 0. The monoisotopic (exact) mass is 1710 g/mol. The largest absolute Gasteiger partial charge is 0.456 e. The summed E-state index contributed by atoms with van der Waals surface area (Å²) in [5, 5.41) is 27.0. The van der Waals surface area contributed by atoms with Gasteiger partial charge in [-0.25, -0.2) is 0 Å². The molecule has 0 N–H and O–H groups in total. The molecule has 0 atom stereocenters. The number of furan rings is 3. The van der Waals surface area contributed by atoms with Crippen LogP contribution in [0.15, 0.2) is 438 Å². The Kier molecular flexibility index (Phi) is 16.9. The Morgan fingerprint density at radius 2 is 0.381 bits per heavy atom. The van der Waals surface area contributed by atoms with Gasteiger partial charge in [-0.15, -0.1) is 0 Å². The second kappa shape index (κ2) is 29.3. The van der Waals surface area contributed by atoms with Gasteiger partial charge in [-0.2, -0.15) is 0 Å². The zero-order valence-corrected chi connectivity index (χ0v) is 75.1. The first-order valence-electron chi connectivity index (χ1n) is 46.9. The summed E-state index contributed by atoms with van der Waals surface area (Å²) in [6.45, 7) is 14.1. The Bertz CT molecular complexity index is 9390. The zero-order chi connectivity index (χ0) is 89.1. The van der Waals surface area contributed by atoms with Crippen LogP contribution in [0.1, 0.15) is 74.9 Å². The average Bonchev–Trinajstić information content (AvgIpc) is 1.26. The summed E-state index contributed by atoms with van der Waals surface area (Å²) in [6.07, 6.45) is 0. The van der Waals surface area contributed by atoms with E-state index in [2.05, 4.69) is 454 Å². The minimum Gasteiger partial charge on any atom is -0.456 e. The molecule has 26 aromatic rings. The molecule has 630 valence electrons. The molecule has 23 aromatic carbocycles. The van der Waals surface area contributed by atoms with Crippen molar-refractivity contribution in [1.82, 2.24) is 0 Å². The smallest absolute Gasteiger partial charge is 0.136 e. The van der Waals surface area contributed by atoms with Crippen molar-refractivity contribution in [3.8, 4) is 100 Å². The van der Waals surface area contributed by atoms with Crippen LogP contribution in [0.3, 0.4) is 0 Å². The van der Waals surface area contributed by atoms with Crippen molar-refractivity contribution in [3.63, 3.8) is 0 Å². The third-order valence-electron chi connectivity index (χ3n) is 30.4. The molecule has 0 spiro atoms. The molecule has 134 heavy (non-hydrogen) atoms. The van der Waals surface area contributed by atoms with Crippen molar-refractivity contribution < 1.29 is 13.3 Å². The van der Waals surface area contributed by atoms with Crippen LogP contribution >= 0.6 is 0 Å². The summed E-state index contributed by atoms with van der Waals surface area (Å²) in [4.78, 5) is 0. The molecule has 3 aromatic heterocycles. The fraction of sp³-hybridized carbons (Fsp3) is 0.0687. The first-order chi connectivity index (χ1) is 65.7. The van der Waals surface area contributed by atoms with Gasteiger partial charge in [0.1, 0.15) is 33.5 Å². The van der Waals surface area contributed by atoms with Gasteiger partial charge in [0.05, 0.1) is 0 Å². The quantitative estimate of drug-likeness (QED) is 0.156. The minimum absolute atomic E-state index is 0.00560. The maximum Gasteiger partial charge on any atom is 0.136 e. The predicted molar refractivity (Wildman–Crippen MR) is 567 cm³/mol. The van der Waals surface area contributed by atoms with Gasteiger partial charge in [-0.1, -0.05) is 387 Å². The van der Waals surface area contributed by atoms with Crippen molar-refractivity contribution in [2.75, 3.05) is 0 Å². The van der Waals surface area contributed by atoms with Crippen LogP contribution in [0.25, 0.3) is 252 Å². The lowest BCUT2D eigenvalue weighted by Gasteiger charge is -2.22. The number of hydrogen-bond donors (Lipinski definition) is 0. The van der Waals surface area contributed by atoms with Crippen LogP contribution in [-0.4, -0.2) is 0 Å². The van der Waals surface area contributed by atoms with E-state index in [9.17, 15) is 0 Å². The minimum atomic E-state index is -0.0142. The van der Waals surface area contributed by atoms with Crippen molar-refractivity contribution in [2.24, 2.45) is 0 Å². The fourth-order valence-electron chi connectivity index (χ4n) is 24.1. The van der Waals surface area contributed by atoms with Gasteiger partial charge in [0, 0.05) is 48.6 Å². The molecule has 0 fully saturated rings. The van der Waals surface area contributed by atoms with E-state index < -0.39 is 0 Å². The van der Waals surface area contributed by atoms with Crippen LogP contribution in [-0.2, 0) is 16.2 Å². The number of para-hydroxylation sites is 1. The number of rotatable bonds is 6. The molecule has 3 heterocycles. The zero-order valence-electron chi connectivity index (χ0n) is 75.1. The third-order valence-corrected chi connectivity index (χ3v) is 30.4. The molecule has 3 aliphatic carbocycles. The number of fused-ring (bicyclic) bond motifs is 27. The lowest BCUT2D eigenvalue weighted by Crippen LogP contribution is -2.14. The van der Waals surface area contributed by atoms with Crippen molar-refractivity contribution in [1.29, 1.82) is 0 Å². The summed E-state index contributed by atoms with van der Waals surface area (Å²) < 4.78 is 18.9. The second-order valence-corrected chi connectivity index (χ2v) is 38.6. The van der Waals surface area contributed by atoms with Gasteiger partial charge in [0.2, 0.25) is 0 Å².